The van der Waals surface area contributed by atoms with Gasteiger partial charge in [-0.15, -0.1) is 0 Å². The van der Waals surface area contributed by atoms with E-state index in [1.165, 1.54) is 0 Å². The van der Waals surface area contributed by atoms with Crippen LogP contribution in [0.5, 0.6) is 0 Å². The molecule has 3 aromatic rings. The number of Topliss-reactive ketones (excluding diaryl/α,β-unsaturated/α-hetero) is 1. The predicted molar refractivity (Wildman–Crippen MR) is 111 cm³/mol. The van der Waals surface area contributed by atoms with Crippen molar-refractivity contribution < 1.29 is 9.59 Å². The molecule has 0 saturated heterocycles. The molecule has 2 heterocycles. The van der Waals surface area contributed by atoms with Crippen LogP contribution in [-0.4, -0.2) is 22.2 Å². The number of H-pyrrole nitrogens is 1. The third-order valence-electron chi connectivity index (χ3n) is 5.85. The van der Waals surface area contributed by atoms with E-state index in [0.29, 0.717) is 6.42 Å². The number of amides is 1. The second kappa shape index (κ2) is 6.88. The van der Waals surface area contributed by atoms with Crippen molar-refractivity contribution in [2.45, 2.75) is 37.6 Å². The number of hydrogen-bond acceptors (Lipinski definition) is 4. The van der Waals surface area contributed by atoms with Crippen molar-refractivity contribution in [3.63, 3.8) is 0 Å². The fraction of sp³-hybridized carbons (Fsp3) is 0.261. The highest BCUT2D eigenvalue weighted by atomic mass is 16.1. The van der Waals surface area contributed by atoms with Crippen LogP contribution in [0.1, 0.15) is 47.4 Å². The van der Waals surface area contributed by atoms with Gasteiger partial charge >= 0.3 is 0 Å². The first-order chi connectivity index (χ1) is 14.2. The van der Waals surface area contributed by atoms with Crippen LogP contribution in [0.3, 0.4) is 0 Å². The summed E-state index contributed by atoms with van der Waals surface area (Å²) in [5, 5.41) is 6.38. The van der Waals surface area contributed by atoms with Gasteiger partial charge in [-0.1, -0.05) is 18.2 Å². The minimum absolute atomic E-state index is 0.169. The standard InChI is InChI=1S/C23H22N4O2/c28-14-25-23(10-11-23)19-13-15(9-12-24-19)21-22(26-16-5-2-1-3-6-16)20-17(27-21)7-4-8-18(20)29/h1-3,5-6,9,12-14,26-27H,4,7-8,10-11H2,(H,25,28). The SMILES string of the molecule is O=CNC1(c2cc(-c3[nH]c4c(c3Nc3ccccc3)C(=O)CCC4)ccn2)CC1. The van der Waals surface area contributed by atoms with Gasteiger partial charge in [-0.2, -0.15) is 0 Å². The maximum absolute atomic E-state index is 12.7. The van der Waals surface area contributed by atoms with Crippen LogP contribution in [0.15, 0.2) is 48.7 Å². The molecule has 0 atom stereocenters. The van der Waals surface area contributed by atoms with Crippen LogP contribution in [-0.2, 0) is 16.8 Å². The van der Waals surface area contributed by atoms with Gasteiger partial charge in [0.15, 0.2) is 5.78 Å². The first-order valence-electron chi connectivity index (χ1n) is 9.98. The summed E-state index contributed by atoms with van der Waals surface area (Å²) in [5.41, 5.74) is 5.85. The van der Waals surface area contributed by atoms with E-state index in [0.717, 1.165) is 71.7 Å². The molecule has 2 aliphatic carbocycles. The lowest BCUT2D eigenvalue weighted by Crippen LogP contribution is -2.28. The average molecular weight is 386 g/mol. The number of aryl methyl sites for hydroxylation is 1. The highest BCUT2D eigenvalue weighted by molar-refractivity contribution is 6.07. The summed E-state index contributed by atoms with van der Waals surface area (Å²) in [6, 6.07) is 13.8. The predicted octanol–water partition coefficient (Wildman–Crippen LogP) is 4.07. The Hall–Kier alpha value is -3.41. The molecule has 1 saturated carbocycles. The number of aromatic nitrogens is 2. The van der Waals surface area contributed by atoms with Gasteiger partial charge in [0.05, 0.1) is 28.2 Å². The summed E-state index contributed by atoms with van der Waals surface area (Å²) >= 11 is 0. The largest absolute Gasteiger partial charge is 0.356 e. The number of rotatable bonds is 6. The van der Waals surface area contributed by atoms with Gasteiger partial charge in [0.1, 0.15) is 0 Å². The van der Waals surface area contributed by atoms with Crippen molar-refractivity contribution >= 4 is 23.6 Å². The lowest BCUT2D eigenvalue weighted by Gasteiger charge is -2.15. The number of para-hydroxylation sites is 1. The van der Waals surface area contributed by atoms with Crippen LogP contribution in [0.2, 0.25) is 0 Å². The molecule has 5 rings (SSSR count). The zero-order valence-corrected chi connectivity index (χ0v) is 16.0. The average Bonchev–Trinajstić information content (AvgIpc) is 3.44. The number of pyridine rings is 1. The first kappa shape index (κ1) is 17.7. The normalized spacial score (nSPS) is 16.8. The molecule has 1 amide bonds. The fourth-order valence-electron chi connectivity index (χ4n) is 4.17. The minimum atomic E-state index is -0.354. The number of nitrogens with one attached hydrogen (secondary N) is 3. The summed E-state index contributed by atoms with van der Waals surface area (Å²) in [4.78, 5) is 31.8. The Bertz CT molecular complexity index is 1080. The Kier molecular flexibility index (Phi) is 4.19. The van der Waals surface area contributed by atoms with E-state index in [1.54, 1.807) is 6.20 Å². The Morgan fingerprint density at radius 1 is 1.10 bits per heavy atom. The van der Waals surface area contributed by atoms with Gasteiger partial charge in [-0.25, -0.2) is 0 Å². The lowest BCUT2D eigenvalue weighted by atomic mass is 9.94. The van der Waals surface area contributed by atoms with Gasteiger partial charge in [0.2, 0.25) is 6.41 Å². The summed E-state index contributed by atoms with van der Waals surface area (Å²) in [7, 11) is 0. The summed E-state index contributed by atoms with van der Waals surface area (Å²) in [6.45, 7) is 0. The van der Waals surface area contributed by atoms with E-state index >= 15 is 0 Å². The van der Waals surface area contributed by atoms with Gasteiger partial charge in [0.25, 0.3) is 0 Å². The Labute approximate surface area is 168 Å². The molecule has 2 aliphatic rings. The molecule has 2 aromatic heterocycles. The quantitative estimate of drug-likeness (QED) is 0.557. The molecule has 29 heavy (non-hydrogen) atoms. The number of fused-ring (bicyclic) bond motifs is 1. The van der Waals surface area contributed by atoms with Crippen molar-refractivity contribution in [1.29, 1.82) is 0 Å². The number of carbonyl (C=O) groups excluding carboxylic acids is 2. The molecule has 3 N–H and O–H groups in total. The third-order valence-corrected chi connectivity index (χ3v) is 5.85. The van der Waals surface area contributed by atoms with Crippen LogP contribution in [0.25, 0.3) is 11.3 Å². The number of aromatic amines is 1. The molecular formula is C23H22N4O2. The van der Waals surface area contributed by atoms with E-state index in [-0.39, 0.29) is 11.3 Å². The molecule has 6 nitrogen and oxygen atoms in total. The molecule has 0 radical (unpaired) electrons. The number of benzene rings is 1. The van der Waals surface area contributed by atoms with Crippen LogP contribution in [0, 0.1) is 0 Å². The topological polar surface area (TPSA) is 86.9 Å². The van der Waals surface area contributed by atoms with Crippen LogP contribution >= 0.6 is 0 Å². The van der Waals surface area contributed by atoms with Gasteiger partial charge in [0, 0.05) is 29.6 Å². The first-order valence-corrected chi connectivity index (χ1v) is 9.98. The van der Waals surface area contributed by atoms with E-state index in [9.17, 15) is 9.59 Å². The monoisotopic (exact) mass is 386 g/mol. The van der Waals surface area contributed by atoms with E-state index in [2.05, 4.69) is 20.6 Å². The maximum atomic E-state index is 12.7. The number of nitrogens with zero attached hydrogens (tertiary/aromatic N) is 1. The maximum Gasteiger partial charge on any atom is 0.207 e. The summed E-state index contributed by atoms with van der Waals surface area (Å²) < 4.78 is 0. The second-order valence-electron chi connectivity index (χ2n) is 7.77. The minimum Gasteiger partial charge on any atom is -0.356 e. The second-order valence-corrected chi connectivity index (χ2v) is 7.77. The van der Waals surface area contributed by atoms with Crippen LogP contribution in [0.4, 0.5) is 11.4 Å². The molecule has 0 unspecified atom stereocenters. The van der Waals surface area contributed by atoms with Crippen molar-refractivity contribution in [3.05, 3.63) is 65.6 Å². The van der Waals surface area contributed by atoms with E-state index < -0.39 is 0 Å². The molecule has 1 fully saturated rings. The number of carbonyl (C=O) groups is 2. The van der Waals surface area contributed by atoms with Gasteiger partial charge in [-0.3, -0.25) is 14.6 Å². The van der Waals surface area contributed by atoms with Crippen molar-refractivity contribution in [2.24, 2.45) is 0 Å². The molecule has 0 bridgehead atoms. The Morgan fingerprint density at radius 2 is 1.93 bits per heavy atom. The highest BCUT2D eigenvalue weighted by Gasteiger charge is 2.45. The Morgan fingerprint density at radius 3 is 2.69 bits per heavy atom. The fourth-order valence-corrected chi connectivity index (χ4v) is 4.17. The van der Waals surface area contributed by atoms with Gasteiger partial charge < -0.3 is 15.6 Å². The molecule has 0 spiro atoms. The Balaban J connectivity index is 1.62. The lowest BCUT2D eigenvalue weighted by molar-refractivity contribution is -0.110. The smallest absolute Gasteiger partial charge is 0.207 e. The van der Waals surface area contributed by atoms with Crippen molar-refractivity contribution in [3.8, 4) is 11.3 Å². The molecule has 146 valence electrons. The number of ketones is 1. The summed E-state index contributed by atoms with van der Waals surface area (Å²) in [5.74, 6) is 0.169. The molecule has 6 heteroatoms. The van der Waals surface area contributed by atoms with E-state index in [1.807, 2.05) is 42.5 Å². The number of anilines is 2. The zero-order chi connectivity index (χ0) is 19.8. The van der Waals surface area contributed by atoms with Gasteiger partial charge in [-0.05, 0) is 49.9 Å². The molecular weight excluding hydrogens is 364 g/mol. The highest BCUT2D eigenvalue weighted by Crippen LogP contribution is 2.46. The van der Waals surface area contributed by atoms with Crippen molar-refractivity contribution in [1.82, 2.24) is 15.3 Å². The molecule has 0 aliphatic heterocycles. The third kappa shape index (κ3) is 3.10. The molecule has 1 aromatic carbocycles. The van der Waals surface area contributed by atoms with Crippen molar-refractivity contribution in [2.75, 3.05) is 5.32 Å². The van der Waals surface area contributed by atoms with E-state index in [4.69, 9.17) is 0 Å². The van der Waals surface area contributed by atoms with Crippen LogP contribution < -0.4 is 10.6 Å². The summed E-state index contributed by atoms with van der Waals surface area (Å²) in [6.07, 6.45) is 6.58. The number of hydrogen-bond donors (Lipinski definition) is 3. The zero-order valence-electron chi connectivity index (χ0n) is 16.0.